The van der Waals surface area contributed by atoms with Crippen LogP contribution in [0.5, 0.6) is 0 Å². The van der Waals surface area contributed by atoms with E-state index in [4.69, 9.17) is 0 Å². The Morgan fingerprint density at radius 1 is 1.53 bits per heavy atom. The Hall–Kier alpha value is -1.15. The molecule has 1 N–H and O–H groups in total. The van der Waals surface area contributed by atoms with Crippen LogP contribution in [0, 0.1) is 0 Å². The van der Waals surface area contributed by atoms with E-state index >= 15 is 0 Å². The van der Waals surface area contributed by atoms with E-state index in [2.05, 4.69) is 49.3 Å². The lowest BCUT2D eigenvalue weighted by molar-refractivity contribution is 0.579. The first-order valence-electron chi connectivity index (χ1n) is 7.52. The zero-order valence-corrected chi connectivity index (χ0v) is 12.4. The van der Waals surface area contributed by atoms with Gasteiger partial charge in [0.25, 0.3) is 0 Å². The van der Waals surface area contributed by atoms with Gasteiger partial charge in [-0.3, -0.25) is 4.98 Å². The fourth-order valence-electron chi connectivity index (χ4n) is 2.87. The second kappa shape index (κ2) is 6.85. The lowest BCUT2D eigenvalue weighted by Gasteiger charge is -2.25. The molecular weight excluding hydrogens is 232 g/mol. The molecule has 1 heterocycles. The van der Waals surface area contributed by atoms with Gasteiger partial charge in [0.05, 0.1) is 5.69 Å². The summed E-state index contributed by atoms with van der Waals surface area (Å²) in [5.41, 5.74) is 4.26. The minimum atomic E-state index is 0.545. The maximum atomic E-state index is 4.62. The maximum Gasteiger partial charge on any atom is 0.0506 e. The van der Waals surface area contributed by atoms with Crippen molar-refractivity contribution in [3.8, 4) is 0 Å². The van der Waals surface area contributed by atoms with Crippen LogP contribution in [0.2, 0.25) is 0 Å². The molecule has 1 aliphatic carbocycles. The third kappa shape index (κ3) is 3.90. The fraction of sp³-hybridized carbons (Fsp3) is 0.588. The van der Waals surface area contributed by atoms with E-state index in [0.29, 0.717) is 12.0 Å². The lowest BCUT2D eigenvalue weighted by atomic mass is 9.82. The SMILES string of the molecule is CC(=CCCNC(C)C)C1CCCc2cccnc21. The predicted molar refractivity (Wildman–Crippen MR) is 81.4 cm³/mol. The van der Waals surface area contributed by atoms with Crippen molar-refractivity contribution in [2.75, 3.05) is 6.54 Å². The van der Waals surface area contributed by atoms with Gasteiger partial charge in [-0.2, -0.15) is 0 Å². The topological polar surface area (TPSA) is 24.9 Å². The molecule has 1 aromatic heterocycles. The monoisotopic (exact) mass is 258 g/mol. The highest BCUT2D eigenvalue weighted by molar-refractivity contribution is 5.32. The largest absolute Gasteiger partial charge is 0.314 e. The summed E-state index contributed by atoms with van der Waals surface area (Å²) in [5.74, 6) is 0.545. The minimum absolute atomic E-state index is 0.545. The summed E-state index contributed by atoms with van der Waals surface area (Å²) >= 11 is 0. The number of hydrogen-bond donors (Lipinski definition) is 1. The first kappa shape index (κ1) is 14.3. The van der Waals surface area contributed by atoms with Crippen LogP contribution in [0.25, 0.3) is 0 Å². The molecule has 2 nitrogen and oxygen atoms in total. The number of aromatic nitrogens is 1. The van der Waals surface area contributed by atoms with Crippen LogP contribution >= 0.6 is 0 Å². The van der Waals surface area contributed by atoms with Gasteiger partial charge in [0.2, 0.25) is 0 Å². The van der Waals surface area contributed by atoms with Gasteiger partial charge >= 0.3 is 0 Å². The molecule has 0 spiro atoms. The summed E-state index contributed by atoms with van der Waals surface area (Å²) < 4.78 is 0. The number of nitrogens with one attached hydrogen (secondary N) is 1. The highest BCUT2D eigenvalue weighted by Gasteiger charge is 2.22. The van der Waals surface area contributed by atoms with Gasteiger partial charge in [0, 0.05) is 18.2 Å². The highest BCUT2D eigenvalue weighted by atomic mass is 14.9. The molecule has 0 aromatic carbocycles. The van der Waals surface area contributed by atoms with Crippen LogP contribution in [-0.4, -0.2) is 17.6 Å². The van der Waals surface area contributed by atoms with Gasteiger partial charge in [-0.1, -0.05) is 31.6 Å². The van der Waals surface area contributed by atoms with Crippen molar-refractivity contribution >= 4 is 0 Å². The third-order valence-corrected chi connectivity index (χ3v) is 3.91. The van der Waals surface area contributed by atoms with Crippen molar-refractivity contribution in [2.24, 2.45) is 0 Å². The zero-order chi connectivity index (χ0) is 13.7. The average Bonchev–Trinajstić information content (AvgIpc) is 2.42. The molecule has 1 aliphatic rings. The normalized spacial score (nSPS) is 19.6. The molecule has 0 bridgehead atoms. The highest BCUT2D eigenvalue weighted by Crippen LogP contribution is 2.34. The molecule has 0 amide bonds. The van der Waals surface area contributed by atoms with Gasteiger partial charge in [-0.25, -0.2) is 0 Å². The predicted octanol–water partition coefficient (Wildman–Crippen LogP) is 3.84. The second-order valence-corrected chi connectivity index (χ2v) is 5.84. The van der Waals surface area contributed by atoms with E-state index in [1.165, 1.54) is 36.1 Å². The van der Waals surface area contributed by atoms with Crippen molar-refractivity contribution < 1.29 is 0 Å². The fourth-order valence-corrected chi connectivity index (χ4v) is 2.87. The molecule has 0 fully saturated rings. The number of nitrogens with zero attached hydrogens (tertiary/aromatic N) is 1. The van der Waals surface area contributed by atoms with Gasteiger partial charge in [-0.15, -0.1) is 0 Å². The number of aryl methyl sites for hydroxylation is 1. The smallest absolute Gasteiger partial charge is 0.0506 e. The Balaban J connectivity index is 2.00. The molecule has 0 saturated carbocycles. The van der Waals surface area contributed by atoms with Crippen LogP contribution in [0.4, 0.5) is 0 Å². The van der Waals surface area contributed by atoms with Crippen LogP contribution in [0.1, 0.15) is 57.2 Å². The van der Waals surface area contributed by atoms with Gasteiger partial charge < -0.3 is 5.32 Å². The molecule has 1 aromatic rings. The molecule has 2 heteroatoms. The molecule has 0 saturated heterocycles. The summed E-state index contributed by atoms with van der Waals surface area (Å²) in [4.78, 5) is 4.62. The minimum Gasteiger partial charge on any atom is -0.314 e. The summed E-state index contributed by atoms with van der Waals surface area (Å²) in [6.07, 6.45) is 9.18. The number of allylic oxidation sites excluding steroid dienone is 1. The number of hydrogen-bond acceptors (Lipinski definition) is 2. The Morgan fingerprint density at radius 3 is 3.16 bits per heavy atom. The second-order valence-electron chi connectivity index (χ2n) is 5.84. The van der Waals surface area contributed by atoms with E-state index in [1.807, 2.05) is 6.20 Å². The van der Waals surface area contributed by atoms with E-state index in [9.17, 15) is 0 Å². The summed E-state index contributed by atoms with van der Waals surface area (Å²) in [5, 5.41) is 3.46. The van der Waals surface area contributed by atoms with E-state index in [1.54, 1.807) is 0 Å². The molecule has 19 heavy (non-hydrogen) atoms. The van der Waals surface area contributed by atoms with E-state index in [-0.39, 0.29) is 0 Å². The van der Waals surface area contributed by atoms with Gasteiger partial charge in [0.1, 0.15) is 0 Å². The average molecular weight is 258 g/mol. The lowest BCUT2D eigenvalue weighted by Crippen LogP contribution is -2.23. The molecule has 1 unspecified atom stereocenters. The summed E-state index contributed by atoms with van der Waals surface area (Å²) in [6.45, 7) is 7.72. The van der Waals surface area contributed by atoms with Crippen molar-refractivity contribution in [3.05, 3.63) is 41.2 Å². The van der Waals surface area contributed by atoms with E-state index in [0.717, 1.165) is 13.0 Å². The van der Waals surface area contributed by atoms with Crippen LogP contribution in [0.15, 0.2) is 30.0 Å². The molecule has 2 rings (SSSR count). The number of pyridine rings is 1. The van der Waals surface area contributed by atoms with Crippen molar-refractivity contribution in [2.45, 2.75) is 58.4 Å². The first-order chi connectivity index (χ1) is 9.18. The molecule has 0 aliphatic heterocycles. The quantitative estimate of drug-likeness (QED) is 0.641. The van der Waals surface area contributed by atoms with E-state index < -0.39 is 0 Å². The zero-order valence-electron chi connectivity index (χ0n) is 12.4. The van der Waals surface area contributed by atoms with Crippen molar-refractivity contribution in [1.82, 2.24) is 10.3 Å². The van der Waals surface area contributed by atoms with Gasteiger partial charge in [-0.05, 0) is 50.8 Å². The van der Waals surface area contributed by atoms with Crippen molar-refractivity contribution in [3.63, 3.8) is 0 Å². The van der Waals surface area contributed by atoms with Crippen LogP contribution in [-0.2, 0) is 6.42 Å². The van der Waals surface area contributed by atoms with Crippen LogP contribution in [0.3, 0.4) is 0 Å². The molecule has 0 radical (unpaired) electrons. The summed E-state index contributed by atoms with van der Waals surface area (Å²) in [7, 11) is 0. The Kier molecular flexibility index (Phi) is 5.15. The van der Waals surface area contributed by atoms with Crippen molar-refractivity contribution in [1.29, 1.82) is 0 Å². The Bertz CT molecular complexity index is 435. The Morgan fingerprint density at radius 2 is 2.37 bits per heavy atom. The Labute approximate surface area is 117 Å². The van der Waals surface area contributed by atoms with Gasteiger partial charge in [0.15, 0.2) is 0 Å². The van der Waals surface area contributed by atoms with Crippen LogP contribution < -0.4 is 5.32 Å². The third-order valence-electron chi connectivity index (χ3n) is 3.91. The standard InChI is InChI=1S/C17H26N2/c1-13(2)18-11-5-7-14(3)16-10-4-8-15-9-6-12-19-17(15)16/h6-7,9,12-13,16,18H,4-5,8,10-11H2,1-3H3. The molecule has 1 atom stereocenters. The summed E-state index contributed by atoms with van der Waals surface area (Å²) in [6, 6.07) is 4.88. The number of rotatable bonds is 5. The maximum absolute atomic E-state index is 4.62. The number of fused-ring (bicyclic) bond motifs is 1. The first-order valence-corrected chi connectivity index (χ1v) is 7.52. The molecule has 104 valence electrons. The molecular formula is C17H26N2.